The van der Waals surface area contributed by atoms with Crippen molar-refractivity contribution in [3.63, 3.8) is 0 Å². The van der Waals surface area contributed by atoms with Crippen LogP contribution < -0.4 is 10.6 Å². The van der Waals surface area contributed by atoms with Crippen molar-refractivity contribution in [1.29, 1.82) is 0 Å². The van der Waals surface area contributed by atoms with Crippen molar-refractivity contribution in [2.24, 2.45) is 0 Å². The van der Waals surface area contributed by atoms with E-state index < -0.39 is 22.2 Å². The number of carbonyl (C=O) groups excluding carboxylic acids is 1. The van der Waals surface area contributed by atoms with Crippen LogP contribution in [0, 0.1) is 21.7 Å². The standard InChI is InChI=1S/C18H13F2N5O3/c1-10(26)11-3-2-4-13(7-11)23-17-16(25(27)28)18(22-9-21-17)24-15-8-12(19)5-6-14(15)20/h2-9H,1H3,(H2,21,22,23,24). The number of halogens is 2. The van der Waals surface area contributed by atoms with Crippen LogP contribution in [0.25, 0.3) is 0 Å². The number of Topliss-reactive ketones (excluding diaryl/α,β-unsaturated/α-hetero) is 1. The lowest BCUT2D eigenvalue weighted by molar-refractivity contribution is -0.383. The Morgan fingerprint density at radius 3 is 2.46 bits per heavy atom. The van der Waals surface area contributed by atoms with Gasteiger partial charge in [0.05, 0.1) is 10.6 Å². The molecular weight excluding hydrogens is 372 g/mol. The van der Waals surface area contributed by atoms with Crippen molar-refractivity contribution in [1.82, 2.24) is 9.97 Å². The first kappa shape index (κ1) is 18.8. The van der Waals surface area contributed by atoms with Gasteiger partial charge < -0.3 is 10.6 Å². The molecule has 0 aliphatic carbocycles. The number of nitrogens with zero attached hydrogens (tertiary/aromatic N) is 3. The summed E-state index contributed by atoms with van der Waals surface area (Å²) in [7, 11) is 0. The van der Waals surface area contributed by atoms with Gasteiger partial charge in [-0.25, -0.2) is 18.7 Å². The minimum atomic E-state index is -0.807. The molecule has 10 heteroatoms. The summed E-state index contributed by atoms with van der Waals surface area (Å²) in [4.78, 5) is 29.9. The topological polar surface area (TPSA) is 110 Å². The molecule has 1 aromatic heterocycles. The van der Waals surface area contributed by atoms with E-state index in [4.69, 9.17) is 0 Å². The molecule has 3 rings (SSSR count). The molecule has 0 fully saturated rings. The summed E-state index contributed by atoms with van der Waals surface area (Å²) in [5, 5.41) is 16.7. The van der Waals surface area contributed by atoms with Crippen LogP contribution in [0.2, 0.25) is 0 Å². The SMILES string of the molecule is CC(=O)c1cccc(Nc2ncnc(Nc3cc(F)ccc3F)c2[N+](=O)[O-])c1. The van der Waals surface area contributed by atoms with Gasteiger partial charge >= 0.3 is 5.69 Å². The summed E-state index contributed by atoms with van der Waals surface area (Å²) in [5.74, 6) is -2.21. The second kappa shape index (κ2) is 7.74. The van der Waals surface area contributed by atoms with Gasteiger partial charge in [-0.15, -0.1) is 0 Å². The Balaban J connectivity index is 2.00. The van der Waals surface area contributed by atoms with Crippen LogP contribution in [-0.4, -0.2) is 20.7 Å². The smallest absolute Gasteiger partial charge is 0.334 e. The summed E-state index contributed by atoms with van der Waals surface area (Å²) in [6.45, 7) is 1.39. The molecule has 0 atom stereocenters. The van der Waals surface area contributed by atoms with Crippen LogP contribution in [0.3, 0.4) is 0 Å². The van der Waals surface area contributed by atoms with Crippen molar-refractivity contribution < 1.29 is 18.5 Å². The predicted molar refractivity (Wildman–Crippen MR) is 98.1 cm³/mol. The number of ketones is 1. The van der Waals surface area contributed by atoms with Crippen LogP contribution in [-0.2, 0) is 0 Å². The van der Waals surface area contributed by atoms with Gasteiger partial charge in [0.2, 0.25) is 11.6 Å². The minimum absolute atomic E-state index is 0.176. The number of hydrogen-bond acceptors (Lipinski definition) is 7. The van der Waals surface area contributed by atoms with Crippen molar-refractivity contribution in [2.75, 3.05) is 10.6 Å². The third-order valence-electron chi connectivity index (χ3n) is 3.72. The van der Waals surface area contributed by atoms with E-state index in [-0.39, 0.29) is 23.1 Å². The monoisotopic (exact) mass is 385 g/mol. The molecule has 8 nitrogen and oxygen atoms in total. The van der Waals surface area contributed by atoms with Crippen LogP contribution in [0.15, 0.2) is 48.8 Å². The lowest BCUT2D eigenvalue weighted by Crippen LogP contribution is -2.06. The second-order valence-electron chi connectivity index (χ2n) is 5.69. The molecular formula is C18H13F2N5O3. The van der Waals surface area contributed by atoms with Gasteiger partial charge in [0.15, 0.2) is 5.78 Å². The minimum Gasteiger partial charge on any atom is -0.334 e. The zero-order chi connectivity index (χ0) is 20.3. The number of aromatic nitrogens is 2. The molecule has 142 valence electrons. The highest BCUT2D eigenvalue weighted by Crippen LogP contribution is 2.33. The van der Waals surface area contributed by atoms with Gasteiger partial charge in [0.1, 0.15) is 18.0 Å². The average Bonchev–Trinajstić information content (AvgIpc) is 2.65. The normalized spacial score (nSPS) is 10.4. The molecule has 0 saturated carbocycles. The van der Waals surface area contributed by atoms with Crippen LogP contribution >= 0.6 is 0 Å². The van der Waals surface area contributed by atoms with Crippen molar-refractivity contribution in [3.05, 3.63) is 76.1 Å². The van der Waals surface area contributed by atoms with Crippen LogP contribution in [0.1, 0.15) is 17.3 Å². The number of hydrogen-bond donors (Lipinski definition) is 2. The summed E-state index contributed by atoms with van der Waals surface area (Å²) in [6.07, 6.45) is 1.03. The Hall–Kier alpha value is -3.95. The van der Waals surface area contributed by atoms with E-state index in [9.17, 15) is 23.7 Å². The Bertz CT molecular complexity index is 1070. The molecule has 3 aromatic rings. The van der Waals surface area contributed by atoms with Crippen molar-refractivity contribution in [2.45, 2.75) is 6.92 Å². The number of benzene rings is 2. The molecule has 0 amide bonds. The highest BCUT2D eigenvalue weighted by molar-refractivity contribution is 5.95. The molecule has 0 bridgehead atoms. The maximum Gasteiger partial charge on any atom is 0.353 e. The number of nitro groups is 1. The molecule has 0 aliphatic heterocycles. The first-order valence-electron chi connectivity index (χ1n) is 7.94. The molecule has 28 heavy (non-hydrogen) atoms. The largest absolute Gasteiger partial charge is 0.353 e. The van der Waals surface area contributed by atoms with Crippen molar-refractivity contribution >= 4 is 34.5 Å². The maximum absolute atomic E-state index is 13.9. The highest BCUT2D eigenvalue weighted by atomic mass is 19.1. The summed E-state index contributed by atoms with van der Waals surface area (Å²) >= 11 is 0. The fourth-order valence-corrected chi connectivity index (χ4v) is 2.41. The quantitative estimate of drug-likeness (QED) is 0.369. The molecule has 2 N–H and O–H groups in total. The first-order chi connectivity index (χ1) is 13.3. The summed E-state index contributed by atoms with van der Waals surface area (Å²) in [5.41, 5.74) is -0.0926. The van der Waals surface area contributed by atoms with Gasteiger partial charge in [-0.2, -0.15) is 0 Å². The van der Waals surface area contributed by atoms with E-state index in [1.807, 2.05) is 0 Å². The first-order valence-corrected chi connectivity index (χ1v) is 7.94. The number of nitrogens with one attached hydrogen (secondary N) is 2. The zero-order valence-corrected chi connectivity index (χ0v) is 14.4. The second-order valence-corrected chi connectivity index (χ2v) is 5.69. The molecule has 2 aromatic carbocycles. The Kier molecular flexibility index (Phi) is 5.21. The van der Waals surface area contributed by atoms with E-state index in [0.29, 0.717) is 11.3 Å². The van der Waals surface area contributed by atoms with Gasteiger partial charge in [-0.05, 0) is 31.2 Å². The fraction of sp³-hybridized carbons (Fsp3) is 0.0556. The third kappa shape index (κ3) is 4.06. The van der Waals surface area contributed by atoms with E-state index in [1.165, 1.54) is 13.0 Å². The molecule has 0 aliphatic rings. The summed E-state index contributed by atoms with van der Waals surface area (Å²) < 4.78 is 27.2. The maximum atomic E-state index is 13.9. The lowest BCUT2D eigenvalue weighted by Gasteiger charge is -2.11. The van der Waals surface area contributed by atoms with Gasteiger partial charge in [0.25, 0.3) is 0 Å². The van der Waals surface area contributed by atoms with Gasteiger partial charge in [0, 0.05) is 17.3 Å². The average molecular weight is 385 g/mol. The Morgan fingerprint density at radius 2 is 1.79 bits per heavy atom. The Morgan fingerprint density at radius 1 is 1.07 bits per heavy atom. The number of rotatable bonds is 6. The van der Waals surface area contributed by atoms with Gasteiger partial charge in [-0.3, -0.25) is 14.9 Å². The molecule has 0 unspecified atom stereocenters. The van der Waals surface area contributed by atoms with Gasteiger partial charge in [-0.1, -0.05) is 12.1 Å². The lowest BCUT2D eigenvalue weighted by atomic mass is 10.1. The summed E-state index contributed by atoms with van der Waals surface area (Å²) in [6, 6.07) is 8.96. The van der Waals surface area contributed by atoms with Crippen LogP contribution in [0.5, 0.6) is 0 Å². The third-order valence-corrected chi connectivity index (χ3v) is 3.72. The molecule has 0 saturated heterocycles. The van der Waals surface area contributed by atoms with Crippen LogP contribution in [0.4, 0.5) is 37.5 Å². The number of carbonyl (C=O) groups is 1. The molecule has 1 heterocycles. The van der Waals surface area contributed by atoms with E-state index >= 15 is 0 Å². The van der Waals surface area contributed by atoms with E-state index in [1.54, 1.807) is 18.2 Å². The van der Waals surface area contributed by atoms with E-state index in [0.717, 1.165) is 24.5 Å². The van der Waals surface area contributed by atoms with Crippen molar-refractivity contribution in [3.8, 4) is 0 Å². The van der Waals surface area contributed by atoms with E-state index in [2.05, 4.69) is 20.6 Å². The fourth-order valence-electron chi connectivity index (χ4n) is 2.41. The number of anilines is 4. The predicted octanol–water partition coefficient (Wildman–Crippen LogP) is 4.35. The Labute approximate surface area is 157 Å². The molecule has 0 radical (unpaired) electrons. The zero-order valence-electron chi connectivity index (χ0n) is 14.4. The molecule has 0 spiro atoms. The highest BCUT2D eigenvalue weighted by Gasteiger charge is 2.24.